The quantitative estimate of drug-likeness (QED) is 0.731. The second-order valence-corrected chi connectivity index (χ2v) is 6.03. The Hall–Kier alpha value is -2.73. The number of aromatic nitrogens is 4. The van der Waals surface area contributed by atoms with Gasteiger partial charge in [-0.3, -0.25) is 0 Å². The number of anilines is 1. The van der Waals surface area contributed by atoms with Crippen LogP contribution in [0.4, 0.5) is 5.82 Å². The second-order valence-electron chi connectivity index (χ2n) is 6.03. The molecule has 0 amide bonds. The van der Waals surface area contributed by atoms with E-state index in [-0.39, 0.29) is 6.04 Å². The Labute approximate surface area is 140 Å². The highest BCUT2D eigenvalue weighted by Gasteiger charge is 2.23. The summed E-state index contributed by atoms with van der Waals surface area (Å²) in [5.74, 6) is 0.858. The molecule has 2 heterocycles. The van der Waals surface area contributed by atoms with Crippen molar-refractivity contribution < 1.29 is 4.74 Å². The van der Waals surface area contributed by atoms with Gasteiger partial charge in [-0.25, -0.2) is 15.0 Å². The Balaban J connectivity index is 1.39. The third kappa shape index (κ3) is 2.88. The molecule has 4 rings (SSSR count). The highest BCUT2D eigenvalue weighted by Crippen LogP contribution is 2.31. The highest BCUT2D eigenvalue weighted by molar-refractivity contribution is 5.81. The summed E-state index contributed by atoms with van der Waals surface area (Å²) < 4.78 is 7.91. The lowest BCUT2D eigenvalue weighted by molar-refractivity contribution is 0.0974. The van der Waals surface area contributed by atoms with Crippen LogP contribution in [0.5, 0.6) is 0 Å². The van der Waals surface area contributed by atoms with Gasteiger partial charge in [0.05, 0.1) is 25.6 Å². The zero-order chi connectivity index (χ0) is 16.4. The van der Waals surface area contributed by atoms with Gasteiger partial charge in [0, 0.05) is 5.92 Å². The van der Waals surface area contributed by atoms with E-state index in [1.807, 2.05) is 18.2 Å². The first-order chi connectivity index (χ1) is 11.8. The number of allylic oxidation sites excluding steroid dienone is 1. The van der Waals surface area contributed by atoms with Crippen LogP contribution in [0.2, 0.25) is 0 Å². The molecule has 3 aromatic rings. The summed E-state index contributed by atoms with van der Waals surface area (Å²) in [6, 6.07) is 10.4. The van der Waals surface area contributed by atoms with Crippen molar-refractivity contribution in [1.82, 2.24) is 19.5 Å². The number of hydrogen-bond donors (Lipinski definition) is 1. The van der Waals surface area contributed by atoms with Gasteiger partial charge in [0.1, 0.15) is 11.8 Å². The first kappa shape index (κ1) is 14.8. The van der Waals surface area contributed by atoms with E-state index in [0.717, 1.165) is 11.9 Å². The number of hydrogen-bond acceptors (Lipinski definition) is 5. The third-order valence-corrected chi connectivity index (χ3v) is 4.34. The topological polar surface area (TPSA) is 78.9 Å². The normalized spacial score (nSPS) is 20.0. The molecule has 2 aromatic heterocycles. The van der Waals surface area contributed by atoms with Crippen molar-refractivity contribution in [3.8, 4) is 0 Å². The molecular weight excluding hydrogens is 302 g/mol. The van der Waals surface area contributed by atoms with E-state index in [1.54, 1.807) is 6.33 Å². The molecule has 2 atom stereocenters. The molecule has 0 fully saturated rings. The molecule has 0 aliphatic heterocycles. The summed E-state index contributed by atoms with van der Waals surface area (Å²) in [6.45, 7) is 1.35. The first-order valence-corrected chi connectivity index (χ1v) is 8.04. The van der Waals surface area contributed by atoms with Crippen LogP contribution in [-0.4, -0.2) is 26.1 Å². The summed E-state index contributed by atoms with van der Waals surface area (Å²) in [7, 11) is 0. The van der Waals surface area contributed by atoms with E-state index < -0.39 is 0 Å². The fourth-order valence-corrected chi connectivity index (χ4v) is 3.14. The first-order valence-electron chi connectivity index (χ1n) is 8.04. The van der Waals surface area contributed by atoms with E-state index in [4.69, 9.17) is 10.5 Å². The Morgan fingerprint density at radius 3 is 2.88 bits per heavy atom. The molecule has 2 N–H and O–H groups in total. The van der Waals surface area contributed by atoms with E-state index >= 15 is 0 Å². The molecule has 1 aliphatic rings. The molecule has 24 heavy (non-hydrogen) atoms. The Kier molecular flexibility index (Phi) is 3.96. The SMILES string of the molecule is Nc1ncnc2ncn([C@@H]3C=C[C@H](COCc4ccccc4)C3)c12. The molecule has 6 nitrogen and oxygen atoms in total. The smallest absolute Gasteiger partial charge is 0.182 e. The van der Waals surface area contributed by atoms with Crippen molar-refractivity contribution in [3.63, 3.8) is 0 Å². The number of nitrogens with two attached hydrogens (primary N) is 1. The summed E-state index contributed by atoms with van der Waals surface area (Å²) >= 11 is 0. The van der Waals surface area contributed by atoms with Gasteiger partial charge in [-0.2, -0.15) is 0 Å². The van der Waals surface area contributed by atoms with Gasteiger partial charge in [-0.05, 0) is 12.0 Å². The monoisotopic (exact) mass is 321 g/mol. The number of rotatable bonds is 5. The van der Waals surface area contributed by atoms with E-state index in [1.165, 1.54) is 11.9 Å². The van der Waals surface area contributed by atoms with Crippen LogP contribution in [0, 0.1) is 5.92 Å². The van der Waals surface area contributed by atoms with Crippen LogP contribution in [0.3, 0.4) is 0 Å². The molecular formula is C18H19N5O. The van der Waals surface area contributed by atoms with Crippen LogP contribution >= 0.6 is 0 Å². The van der Waals surface area contributed by atoms with E-state index in [2.05, 4.69) is 43.8 Å². The molecule has 0 radical (unpaired) electrons. The summed E-state index contributed by atoms with van der Waals surface area (Å²) in [4.78, 5) is 12.6. The maximum atomic E-state index is 5.99. The minimum atomic E-state index is 0.216. The van der Waals surface area contributed by atoms with Crippen LogP contribution in [0.15, 0.2) is 55.1 Å². The lowest BCUT2D eigenvalue weighted by Crippen LogP contribution is -2.10. The fourth-order valence-electron chi connectivity index (χ4n) is 3.14. The number of imidazole rings is 1. The zero-order valence-electron chi connectivity index (χ0n) is 13.2. The Bertz CT molecular complexity index is 858. The van der Waals surface area contributed by atoms with Gasteiger partial charge in [-0.1, -0.05) is 42.5 Å². The Morgan fingerprint density at radius 1 is 1.12 bits per heavy atom. The lowest BCUT2D eigenvalue weighted by Gasteiger charge is -2.15. The van der Waals surface area contributed by atoms with Gasteiger partial charge in [0.2, 0.25) is 0 Å². The van der Waals surface area contributed by atoms with Gasteiger partial charge in [-0.15, -0.1) is 0 Å². The largest absolute Gasteiger partial charge is 0.382 e. The van der Waals surface area contributed by atoms with Crippen molar-refractivity contribution in [2.75, 3.05) is 12.3 Å². The number of fused-ring (bicyclic) bond motifs is 1. The average Bonchev–Trinajstić information content (AvgIpc) is 3.23. The predicted molar refractivity (Wildman–Crippen MR) is 92.1 cm³/mol. The molecule has 0 unspecified atom stereocenters. The molecule has 0 saturated carbocycles. The molecule has 1 aromatic carbocycles. The van der Waals surface area contributed by atoms with E-state index in [0.29, 0.717) is 30.6 Å². The van der Waals surface area contributed by atoms with Gasteiger partial charge in [0.15, 0.2) is 11.5 Å². The van der Waals surface area contributed by atoms with Gasteiger partial charge in [0.25, 0.3) is 0 Å². The van der Waals surface area contributed by atoms with E-state index in [9.17, 15) is 0 Å². The Morgan fingerprint density at radius 2 is 2.00 bits per heavy atom. The molecule has 0 saturated heterocycles. The van der Waals surface area contributed by atoms with Crippen molar-refractivity contribution >= 4 is 17.0 Å². The summed E-state index contributed by atoms with van der Waals surface area (Å²) in [5.41, 5.74) is 8.63. The number of nitrogen functional groups attached to an aromatic ring is 1. The molecule has 6 heteroatoms. The minimum absolute atomic E-state index is 0.216. The zero-order valence-corrected chi connectivity index (χ0v) is 13.2. The molecule has 122 valence electrons. The van der Waals surface area contributed by atoms with Crippen molar-refractivity contribution in [2.45, 2.75) is 19.1 Å². The van der Waals surface area contributed by atoms with Crippen LogP contribution in [0.1, 0.15) is 18.0 Å². The molecule has 1 aliphatic carbocycles. The minimum Gasteiger partial charge on any atom is -0.382 e. The van der Waals surface area contributed by atoms with Gasteiger partial charge >= 0.3 is 0 Å². The van der Waals surface area contributed by atoms with Crippen LogP contribution < -0.4 is 5.73 Å². The molecule has 0 spiro atoms. The molecule has 0 bridgehead atoms. The van der Waals surface area contributed by atoms with Crippen molar-refractivity contribution in [1.29, 1.82) is 0 Å². The fraction of sp³-hybridized carbons (Fsp3) is 0.278. The van der Waals surface area contributed by atoms with Crippen LogP contribution in [-0.2, 0) is 11.3 Å². The number of benzene rings is 1. The maximum Gasteiger partial charge on any atom is 0.182 e. The average molecular weight is 321 g/mol. The van der Waals surface area contributed by atoms with Gasteiger partial charge < -0.3 is 15.0 Å². The standard InChI is InChI=1S/C18H19N5O/c19-17-16-18(21-11-20-17)22-12-23(16)15-7-6-14(8-15)10-24-9-13-4-2-1-3-5-13/h1-7,11-12,14-15H,8-10H2,(H2,19,20,21)/t14-,15+/m0/s1. The number of nitrogens with zero attached hydrogens (tertiary/aromatic N) is 4. The summed E-state index contributed by atoms with van der Waals surface area (Å²) in [5, 5.41) is 0. The lowest BCUT2D eigenvalue weighted by atomic mass is 10.1. The van der Waals surface area contributed by atoms with Crippen molar-refractivity contribution in [3.05, 3.63) is 60.7 Å². The van der Waals surface area contributed by atoms with Crippen molar-refractivity contribution in [2.24, 2.45) is 5.92 Å². The predicted octanol–water partition coefficient (Wildman–Crippen LogP) is 2.74. The third-order valence-electron chi connectivity index (χ3n) is 4.34. The summed E-state index contributed by atoms with van der Waals surface area (Å²) in [6.07, 6.45) is 8.60. The maximum absolute atomic E-state index is 5.99. The number of ether oxygens (including phenoxy) is 1. The second kappa shape index (κ2) is 6.41. The van der Waals surface area contributed by atoms with Crippen LogP contribution in [0.25, 0.3) is 11.2 Å². The highest BCUT2D eigenvalue weighted by atomic mass is 16.5.